The zero-order valence-electron chi connectivity index (χ0n) is 18.9. The van der Waals surface area contributed by atoms with Crippen LogP contribution in [0.2, 0.25) is 0 Å². The van der Waals surface area contributed by atoms with Gasteiger partial charge in [0.15, 0.2) is 9.84 Å². The van der Waals surface area contributed by atoms with Gasteiger partial charge in [0.2, 0.25) is 11.8 Å². The van der Waals surface area contributed by atoms with Crippen LogP contribution in [-0.2, 0) is 34.7 Å². The number of hydrogen-bond donors (Lipinski definition) is 1. The van der Waals surface area contributed by atoms with E-state index >= 15 is 0 Å². The third-order valence-electron chi connectivity index (χ3n) is 6.41. The van der Waals surface area contributed by atoms with Crippen LogP contribution in [0.15, 0.2) is 30.3 Å². The number of carboxylic acid groups (broad SMARTS) is 1. The molecule has 9 nitrogen and oxygen atoms in total. The van der Waals surface area contributed by atoms with Gasteiger partial charge in [-0.05, 0) is 31.2 Å². The van der Waals surface area contributed by atoms with Crippen molar-refractivity contribution in [2.75, 3.05) is 32.6 Å². The van der Waals surface area contributed by atoms with Crippen molar-refractivity contribution in [1.82, 2.24) is 9.80 Å². The summed E-state index contributed by atoms with van der Waals surface area (Å²) in [6, 6.07) is 7.63. The van der Waals surface area contributed by atoms with Crippen molar-refractivity contribution in [3.63, 3.8) is 0 Å². The number of amides is 2. The van der Waals surface area contributed by atoms with E-state index in [-0.39, 0.29) is 30.7 Å². The molecule has 182 valence electrons. The Morgan fingerprint density at radius 1 is 1.15 bits per heavy atom. The van der Waals surface area contributed by atoms with Gasteiger partial charge in [0.05, 0.1) is 17.4 Å². The molecule has 0 bridgehead atoms. The molecule has 3 rings (SSSR count). The fourth-order valence-electron chi connectivity index (χ4n) is 4.56. The van der Waals surface area contributed by atoms with Gasteiger partial charge in [-0.1, -0.05) is 30.3 Å². The third kappa shape index (κ3) is 6.77. The van der Waals surface area contributed by atoms with E-state index in [2.05, 4.69) is 0 Å². The van der Waals surface area contributed by atoms with Gasteiger partial charge in [0.25, 0.3) is 0 Å². The van der Waals surface area contributed by atoms with E-state index in [0.717, 1.165) is 0 Å². The highest BCUT2D eigenvalue weighted by Gasteiger charge is 2.40. The van der Waals surface area contributed by atoms with Crippen LogP contribution in [0.4, 0.5) is 0 Å². The molecular weight excluding hydrogens is 448 g/mol. The van der Waals surface area contributed by atoms with E-state index in [1.807, 2.05) is 0 Å². The molecule has 10 heteroatoms. The first kappa shape index (κ1) is 25.2. The van der Waals surface area contributed by atoms with E-state index in [0.29, 0.717) is 44.5 Å². The van der Waals surface area contributed by atoms with Crippen molar-refractivity contribution in [3.8, 4) is 0 Å². The maximum Gasteiger partial charge on any atom is 0.326 e. The lowest BCUT2D eigenvalue weighted by Crippen LogP contribution is -2.47. The molecule has 1 aromatic carbocycles. The molecule has 0 aromatic heterocycles. The standard InChI is InChI=1S/C23H32N2O7S/c1-24(19-9-12-32-13-10-19)21(26)14-18(22(27)25-11-5-8-20(25)23(28)29)16-33(30,31)15-17-6-3-2-4-7-17/h2-4,6-7,18-20H,5,8-16H2,1H3,(H,28,29)/t18-,20-/m0/s1. The Morgan fingerprint density at radius 3 is 2.45 bits per heavy atom. The molecule has 0 unspecified atom stereocenters. The Kier molecular flexibility index (Phi) is 8.47. The van der Waals surface area contributed by atoms with Crippen LogP contribution in [0.1, 0.15) is 37.7 Å². The van der Waals surface area contributed by atoms with Gasteiger partial charge in [-0.15, -0.1) is 0 Å². The van der Waals surface area contributed by atoms with Crippen molar-refractivity contribution in [2.45, 2.75) is 49.9 Å². The highest BCUT2D eigenvalue weighted by atomic mass is 32.2. The topological polar surface area (TPSA) is 121 Å². The molecular formula is C23H32N2O7S. The Morgan fingerprint density at radius 2 is 1.82 bits per heavy atom. The first-order chi connectivity index (χ1) is 15.7. The fraction of sp³-hybridized carbons (Fsp3) is 0.609. The maximum absolute atomic E-state index is 13.3. The van der Waals surface area contributed by atoms with Gasteiger partial charge in [-0.25, -0.2) is 13.2 Å². The van der Waals surface area contributed by atoms with E-state index in [9.17, 15) is 27.9 Å². The molecule has 2 amide bonds. The second kappa shape index (κ2) is 11.1. The number of likely N-dealkylation sites (tertiary alicyclic amines) is 1. The van der Waals surface area contributed by atoms with Crippen LogP contribution in [0, 0.1) is 5.92 Å². The zero-order valence-corrected chi connectivity index (χ0v) is 19.7. The minimum atomic E-state index is -3.73. The van der Waals surface area contributed by atoms with Crippen molar-refractivity contribution in [1.29, 1.82) is 0 Å². The zero-order chi connectivity index (χ0) is 24.0. The molecule has 1 aromatic rings. The van der Waals surface area contributed by atoms with Crippen LogP contribution in [0.5, 0.6) is 0 Å². The Balaban J connectivity index is 1.78. The summed E-state index contributed by atoms with van der Waals surface area (Å²) in [5.41, 5.74) is 0.596. The van der Waals surface area contributed by atoms with Crippen molar-refractivity contribution < 1.29 is 32.6 Å². The lowest BCUT2D eigenvalue weighted by atomic mass is 10.0. The van der Waals surface area contributed by atoms with Crippen LogP contribution in [0.3, 0.4) is 0 Å². The number of sulfone groups is 1. The lowest BCUT2D eigenvalue weighted by Gasteiger charge is -2.33. The maximum atomic E-state index is 13.3. The summed E-state index contributed by atoms with van der Waals surface area (Å²) in [6.45, 7) is 1.34. The molecule has 1 N–H and O–H groups in total. The van der Waals surface area contributed by atoms with Crippen molar-refractivity contribution in [2.24, 2.45) is 5.92 Å². The average Bonchev–Trinajstić information content (AvgIpc) is 3.28. The number of benzene rings is 1. The predicted octanol–water partition coefficient (Wildman–Crippen LogP) is 1.32. The number of nitrogens with zero attached hydrogens (tertiary/aromatic N) is 2. The number of aliphatic carboxylic acids is 1. The van der Waals surface area contributed by atoms with E-state index < -0.39 is 39.4 Å². The molecule has 2 heterocycles. The third-order valence-corrected chi connectivity index (χ3v) is 8.09. The van der Waals surface area contributed by atoms with E-state index in [1.54, 1.807) is 42.3 Å². The van der Waals surface area contributed by atoms with Gasteiger partial charge in [0, 0.05) is 39.3 Å². The monoisotopic (exact) mass is 480 g/mol. The average molecular weight is 481 g/mol. The lowest BCUT2D eigenvalue weighted by molar-refractivity contribution is -0.150. The van der Waals surface area contributed by atoms with Gasteiger partial charge >= 0.3 is 5.97 Å². The van der Waals surface area contributed by atoms with Crippen LogP contribution < -0.4 is 0 Å². The molecule has 0 aliphatic carbocycles. The minimum Gasteiger partial charge on any atom is -0.480 e. The summed E-state index contributed by atoms with van der Waals surface area (Å²) in [5, 5.41) is 9.48. The van der Waals surface area contributed by atoms with E-state index in [1.165, 1.54) is 4.90 Å². The number of rotatable bonds is 9. The minimum absolute atomic E-state index is 0.0264. The quantitative estimate of drug-likeness (QED) is 0.566. The summed E-state index contributed by atoms with van der Waals surface area (Å²) >= 11 is 0. The van der Waals surface area contributed by atoms with Gasteiger partial charge in [0.1, 0.15) is 6.04 Å². The van der Waals surface area contributed by atoms with Crippen molar-refractivity contribution >= 4 is 27.6 Å². The number of carbonyl (C=O) groups excluding carboxylic acids is 2. The number of carbonyl (C=O) groups is 3. The number of carboxylic acids is 1. The van der Waals surface area contributed by atoms with Crippen LogP contribution >= 0.6 is 0 Å². The largest absolute Gasteiger partial charge is 0.480 e. The first-order valence-electron chi connectivity index (χ1n) is 11.3. The Labute approximate surface area is 194 Å². The summed E-state index contributed by atoms with van der Waals surface area (Å²) in [5.74, 6) is -3.89. The first-order valence-corrected chi connectivity index (χ1v) is 13.1. The highest BCUT2D eigenvalue weighted by Crippen LogP contribution is 2.24. The summed E-state index contributed by atoms with van der Waals surface area (Å²) in [4.78, 5) is 40.8. The smallest absolute Gasteiger partial charge is 0.326 e. The molecule has 33 heavy (non-hydrogen) atoms. The molecule has 2 aliphatic heterocycles. The number of hydrogen-bond acceptors (Lipinski definition) is 6. The fourth-order valence-corrected chi connectivity index (χ4v) is 6.26. The second-order valence-corrected chi connectivity index (χ2v) is 10.9. The molecule has 2 fully saturated rings. The van der Waals surface area contributed by atoms with Crippen LogP contribution in [0.25, 0.3) is 0 Å². The van der Waals surface area contributed by atoms with Crippen LogP contribution in [-0.4, -0.2) is 85.8 Å². The summed E-state index contributed by atoms with van der Waals surface area (Å²) in [6.07, 6.45) is 1.94. The number of ether oxygens (including phenoxy) is 1. The molecule has 0 radical (unpaired) electrons. The van der Waals surface area contributed by atoms with E-state index in [4.69, 9.17) is 4.74 Å². The SMILES string of the molecule is CN(C(=O)C[C@@H](CS(=O)(=O)Cc1ccccc1)C(=O)N1CCC[C@H]1C(=O)O)C1CCOCC1. The van der Waals surface area contributed by atoms with Crippen molar-refractivity contribution in [3.05, 3.63) is 35.9 Å². The molecule has 2 atom stereocenters. The van der Waals surface area contributed by atoms with Gasteiger partial charge in [-0.3, -0.25) is 9.59 Å². The molecule has 2 aliphatic rings. The molecule has 0 spiro atoms. The summed E-state index contributed by atoms with van der Waals surface area (Å²) in [7, 11) is -2.07. The second-order valence-electron chi connectivity index (χ2n) is 8.82. The predicted molar refractivity (Wildman–Crippen MR) is 121 cm³/mol. The summed E-state index contributed by atoms with van der Waals surface area (Å²) < 4.78 is 31.3. The Bertz CT molecular complexity index is 945. The molecule has 2 saturated heterocycles. The molecule has 0 saturated carbocycles. The van der Waals surface area contributed by atoms with Gasteiger partial charge in [-0.2, -0.15) is 0 Å². The highest BCUT2D eigenvalue weighted by molar-refractivity contribution is 7.90. The normalized spacial score (nSPS) is 20.4. The van der Waals surface area contributed by atoms with Gasteiger partial charge < -0.3 is 19.6 Å². The Hall–Kier alpha value is -2.46.